The van der Waals surface area contributed by atoms with Gasteiger partial charge in [-0.3, -0.25) is 9.59 Å². The fourth-order valence-electron chi connectivity index (χ4n) is 1.53. The van der Waals surface area contributed by atoms with Crippen molar-refractivity contribution in [2.24, 2.45) is 5.73 Å². The van der Waals surface area contributed by atoms with Gasteiger partial charge < -0.3 is 15.8 Å². The maximum absolute atomic E-state index is 11.4. The summed E-state index contributed by atoms with van der Waals surface area (Å²) in [6, 6.07) is 5.24. The van der Waals surface area contributed by atoms with E-state index in [0.717, 1.165) is 13.6 Å². The minimum atomic E-state index is -0.450. The molecule has 104 valence electrons. The number of nitrogens with two attached hydrogens (primary N) is 1. The second-order valence-electron chi connectivity index (χ2n) is 3.81. The second kappa shape index (κ2) is 7.81. The number of halogens is 2. The standard InChI is InChI=1S/C12H14BrIN2O3/c1-19-12(18)5-10(16-11(17)6-15)7-2-8(13)4-9(14)3-7/h2-4,10H,5-6,15H2,1H3,(H,16,17)/t10-/m0/s1. The molecule has 1 aromatic carbocycles. The molecule has 0 aliphatic rings. The van der Waals surface area contributed by atoms with Crippen LogP contribution in [0.4, 0.5) is 0 Å². The number of ether oxygens (including phenoxy) is 1. The van der Waals surface area contributed by atoms with E-state index in [-0.39, 0.29) is 18.9 Å². The minimum absolute atomic E-state index is 0.0643. The Bertz CT molecular complexity index is 444. The van der Waals surface area contributed by atoms with Crippen LogP contribution in [-0.2, 0) is 14.3 Å². The van der Waals surface area contributed by atoms with Crippen LogP contribution in [0.1, 0.15) is 18.0 Å². The van der Waals surface area contributed by atoms with Gasteiger partial charge in [-0.25, -0.2) is 0 Å². The van der Waals surface area contributed by atoms with Crippen molar-refractivity contribution >= 4 is 50.4 Å². The summed E-state index contributed by atoms with van der Waals surface area (Å²) in [5, 5.41) is 2.71. The molecule has 1 rings (SSSR count). The number of hydrogen-bond donors (Lipinski definition) is 2. The summed E-state index contributed by atoms with van der Waals surface area (Å²) in [6.07, 6.45) is 0.0643. The summed E-state index contributed by atoms with van der Waals surface area (Å²) in [7, 11) is 1.31. The number of rotatable bonds is 5. The Labute approximate surface area is 133 Å². The molecule has 1 amide bonds. The quantitative estimate of drug-likeness (QED) is 0.539. The number of carbonyl (C=O) groups is 2. The summed E-state index contributed by atoms with van der Waals surface area (Å²) in [5.41, 5.74) is 6.11. The first kappa shape index (κ1) is 16.4. The van der Waals surface area contributed by atoms with Crippen LogP contribution in [0.15, 0.2) is 22.7 Å². The molecular weight excluding hydrogens is 427 g/mol. The average Bonchev–Trinajstić information content (AvgIpc) is 2.36. The van der Waals surface area contributed by atoms with Gasteiger partial charge in [-0.2, -0.15) is 0 Å². The Balaban J connectivity index is 2.99. The molecule has 3 N–H and O–H groups in total. The molecule has 0 aliphatic carbocycles. The molecule has 7 heteroatoms. The molecule has 0 aliphatic heterocycles. The van der Waals surface area contributed by atoms with Crippen LogP contribution in [-0.4, -0.2) is 25.5 Å². The number of esters is 1. The van der Waals surface area contributed by atoms with Gasteiger partial charge in [-0.15, -0.1) is 0 Å². The van der Waals surface area contributed by atoms with E-state index in [0.29, 0.717) is 0 Å². The first-order chi connectivity index (χ1) is 8.96. The topological polar surface area (TPSA) is 81.4 Å². The van der Waals surface area contributed by atoms with E-state index in [2.05, 4.69) is 48.6 Å². The number of nitrogens with one attached hydrogen (secondary N) is 1. The summed E-state index contributed by atoms with van der Waals surface area (Å²) in [4.78, 5) is 22.9. The van der Waals surface area contributed by atoms with Gasteiger partial charge in [0.25, 0.3) is 0 Å². The van der Waals surface area contributed by atoms with Crippen molar-refractivity contribution in [1.29, 1.82) is 0 Å². The third-order valence-electron chi connectivity index (χ3n) is 2.41. The van der Waals surface area contributed by atoms with Gasteiger partial charge in [0.1, 0.15) is 0 Å². The number of hydrogen-bond acceptors (Lipinski definition) is 4. The molecule has 0 heterocycles. The molecule has 0 aromatic heterocycles. The molecule has 0 saturated heterocycles. The highest BCUT2D eigenvalue weighted by Gasteiger charge is 2.19. The number of amides is 1. The van der Waals surface area contributed by atoms with E-state index in [4.69, 9.17) is 5.73 Å². The van der Waals surface area contributed by atoms with Crippen LogP contribution in [0.2, 0.25) is 0 Å². The Morgan fingerprint density at radius 3 is 2.68 bits per heavy atom. The maximum Gasteiger partial charge on any atom is 0.307 e. The monoisotopic (exact) mass is 440 g/mol. The first-order valence-electron chi connectivity index (χ1n) is 5.48. The second-order valence-corrected chi connectivity index (χ2v) is 5.97. The maximum atomic E-state index is 11.4. The zero-order chi connectivity index (χ0) is 14.4. The van der Waals surface area contributed by atoms with E-state index in [9.17, 15) is 9.59 Å². The largest absolute Gasteiger partial charge is 0.469 e. The molecule has 1 atom stereocenters. The normalized spacial score (nSPS) is 11.8. The number of methoxy groups -OCH3 is 1. The van der Waals surface area contributed by atoms with Crippen molar-refractivity contribution in [3.8, 4) is 0 Å². The highest BCUT2D eigenvalue weighted by Crippen LogP contribution is 2.24. The third-order valence-corrected chi connectivity index (χ3v) is 3.49. The Hall–Kier alpha value is -0.670. The summed E-state index contributed by atoms with van der Waals surface area (Å²) in [5.74, 6) is -0.707. The lowest BCUT2D eigenvalue weighted by Crippen LogP contribution is -2.35. The van der Waals surface area contributed by atoms with E-state index in [1.807, 2.05) is 18.2 Å². The SMILES string of the molecule is COC(=O)C[C@H](NC(=O)CN)c1cc(Br)cc(I)c1. The van der Waals surface area contributed by atoms with E-state index >= 15 is 0 Å². The van der Waals surface area contributed by atoms with Gasteiger partial charge in [-0.1, -0.05) is 15.9 Å². The fourth-order valence-corrected chi connectivity index (χ4v) is 3.17. The number of carbonyl (C=O) groups excluding carboxylic acids is 2. The highest BCUT2D eigenvalue weighted by atomic mass is 127. The molecule has 0 fully saturated rings. The van der Waals surface area contributed by atoms with Crippen molar-refractivity contribution in [2.45, 2.75) is 12.5 Å². The predicted molar refractivity (Wildman–Crippen MR) is 83.4 cm³/mol. The summed E-state index contributed by atoms with van der Waals surface area (Å²) < 4.78 is 6.52. The van der Waals surface area contributed by atoms with Crippen LogP contribution < -0.4 is 11.1 Å². The molecular formula is C12H14BrIN2O3. The van der Waals surface area contributed by atoms with Crippen molar-refractivity contribution in [3.63, 3.8) is 0 Å². The molecule has 0 unspecified atom stereocenters. The highest BCUT2D eigenvalue weighted by molar-refractivity contribution is 14.1. The average molecular weight is 441 g/mol. The predicted octanol–water partition coefficient (Wildman–Crippen LogP) is 1.73. The molecule has 0 radical (unpaired) electrons. The molecule has 19 heavy (non-hydrogen) atoms. The lowest BCUT2D eigenvalue weighted by atomic mass is 10.0. The molecule has 0 spiro atoms. The van der Waals surface area contributed by atoms with Gasteiger partial charge in [0.2, 0.25) is 5.91 Å². The van der Waals surface area contributed by atoms with Crippen molar-refractivity contribution in [2.75, 3.05) is 13.7 Å². The van der Waals surface area contributed by atoms with Gasteiger partial charge in [0, 0.05) is 8.04 Å². The van der Waals surface area contributed by atoms with E-state index in [1.165, 1.54) is 7.11 Å². The zero-order valence-electron chi connectivity index (χ0n) is 10.3. The third kappa shape index (κ3) is 5.45. The molecule has 0 bridgehead atoms. The first-order valence-corrected chi connectivity index (χ1v) is 7.35. The van der Waals surface area contributed by atoms with E-state index in [1.54, 1.807) is 0 Å². The van der Waals surface area contributed by atoms with Gasteiger partial charge in [0.05, 0.1) is 26.1 Å². The van der Waals surface area contributed by atoms with Crippen LogP contribution in [0.3, 0.4) is 0 Å². The zero-order valence-corrected chi connectivity index (χ0v) is 14.0. The summed E-state index contributed by atoms with van der Waals surface area (Å²) >= 11 is 5.56. The molecule has 1 aromatic rings. The summed E-state index contributed by atoms with van der Waals surface area (Å²) in [6.45, 7) is -0.122. The van der Waals surface area contributed by atoms with Crippen LogP contribution in [0.5, 0.6) is 0 Å². The van der Waals surface area contributed by atoms with Crippen molar-refractivity contribution in [1.82, 2.24) is 5.32 Å². The lowest BCUT2D eigenvalue weighted by Gasteiger charge is -2.18. The molecule has 0 saturated carbocycles. The van der Waals surface area contributed by atoms with Crippen molar-refractivity contribution < 1.29 is 14.3 Å². The van der Waals surface area contributed by atoms with E-state index < -0.39 is 12.0 Å². The fraction of sp³-hybridized carbons (Fsp3) is 0.333. The van der Waals surface area contributed by atoms with Crippen molar-refractivity contribution in [3.05, 3.63) is 31.8 Å². The number of benzene rings is 1. The Morgan fingerprint density at radius 1 is 1.47 bits per heavy atom. The van der Waals surface area contributed by atoms with Gasteiger partial charge in [-0.05, 0) is 46.4 Å². The Kier molecular flexibility index (Phi) is 6.73. The minimum Gasteiger partial charge on any atom is -0.469 e. The molecule has 5 nitrogen and oxygen atoms in total. The van der Waals surface area contributed by atoms with Gasteiger partial charge >= 0.3 is 5.97 Å². The smallest absolute Gasteiger partial charge is 0.307 e. The van der Waals surface area contributed by atoms with Crippen LogP contribution >= 0.6 is 38.5 Å². The van der Waals surface area contributed by atoms with Crippen LogP contribution in [0, 0.1) is 3.57 Å². The van der Waals surface area contributed by atoms with Crippen LogP contribution in [0.25, 0.3) is 0 Å². The van der Waals surface area contributed by atoms with Gasteiger partial charge in [0.15, 0.2) is 0 Å². The Morgan fingerprint density at radius 2 is 2.16 bits per heavy atom. The lowest BCUT2D eigenvalue weighted by molar-refractivity contribution is -0.141.